The molecule has 0 radical (unpaired) electrons. The van der Waals surface area contributed by atoms with E-state index in [0.717, 1.165) is 20.9 Å². The average molecular weight is 805 g/mol. The first kappa shape index (κ1) is 45.3. The minimum Gasteiger partial charge on any atom is -0.444 e. The van der Waals surface area contributed by atoms with Crippen molar-refractivity contribution in [3.8, 4) is 0 Å². The molecule has 0 saturated carbocycles. The average Bonchev–Trinajstić information content (AvgIpc) is 3.77. The molecule has 0 N–H and O–H groups in total. The molecule has 0 spiro atoms. The summed E-state index contributed by atoms with van der Waals surface area (Å²) in [6.45, 7) is 21.4. The number of imide groups is 2. The Bertz CT molecular complexity index is 1730. The molecule has 6 amide bonds. The fourth-order valence-corrected chi connectivity index (χ4v) is 6.34. The van der Waals surface area contributed by atoms with Gasteiger partial charge in [-0.1, -0.05) is 36.4 Å². The highest BCUT2D eigenvalue weighted by Crippen LogP contribution is 2.30. The maximum atomic E-state index is 14.0. The van der Waals surface area contributed by atoms with Crippen LogP contribution in [0, 0.1) is 0 Å². The van der Waals surface area contributed by atoms with Crippen molar-refractivity contribution in [2.75, 3.05) is 22.9 Å². The van der Waals surface area contributed by atoms with Gasteiger partial charge in [0, 0.05) is 13.1 Å². The molecule has 58 heavy (non-hydrogen) atoms. The highest BCUT2D eigenvalue weighted by atomic mass is 16.6. The lowest BCUT2D eigenvalue weighted by atomic mass is 10.1. The van der Waals surface area contributed by atoms with Crippen LogP contribution in [0.25, 0.3) is 12.2 Å². The lowest BCUT2D eigenvalue weighted by Crippen LogP contribution is -2.52. The molecule has 14 nitrogen and oxygen atoms in total. The predicted molar refractivity (Wildman–Crippen MR) is 221 cm³/mol. The van der Waals surface area contributed by atoms with Crippen LogP contribution in [0.2, 0.25) is 0 Å². The van der Waals surface area contributed by atoms with E-state index in [1.165, 1.54) is 9.80 Å². The van der Waals surface area contributed by atoms with Gasteiger partial charge < -0.3 is 18.9 Å². The van der Waals surface area contributed by atoms with Crippen molar-refractivity contribution in [3.63, 3.8) is 0 Å². The molecule has 0 unspecified atom stereocenters. The van der Waals surface area contributed by atoms with Crippen LogP contribution in [-0.2, 0) is 28.5 Å². The van der Waals surface area contributed by atoms with E-state index in [9.17, 15) is 28.8 Å². The SMILES string of the molecule is CC(C)(C)OC(=O)N(C(=O)[C@@H]1CCCN1C(=O)OC(C)(C)C)c1ccc(/C=C/c2ccc(N(C(=O)OC(C)(C)C)C(=O)[C@@H]3CCCN3C(=O)OC(C)(C)C)cc2)cc1. The predicted octanol–water partition coefficient (Wildman–Crippen LogP) is 9.19. The Morgan fingerprint density at radius 2 is 0.793 bits per heavy atom. The Morgan fingerprint density at radius 3 is 1.07 bits per heavy atom. The maximum absolute atomic E-state index is 14.0. The first-order valence-electron chi connectivity index (χ1n) is 19.7. The summed E-state index contributed by atoms with van der Waals surface area (Å²) in [6.07, 6.45) is 2.57. The topological polar surface area (TPSA) is 152 Å². The number of ether oxygens (including phenoxy) is 4. The number of hydrogen-bond acceptors (Lipinski definition) is 10. The van der Waals surface area contributed by atoms with Crippen molar-refractivity contribution in [1.82, 2.24) is 9.80 Å². The molecule has 2 aromatic rings. The highest BCUT2D eigenvalue weighted by molar-refractivity contribution is 6.16. The zero-order valence-electron chi connectivity index (χ0n) is 36.0. The van der Waals surface area contributed by atoms with Gasteiger partial charge in [0.1, 0.15) is 34.5 Å². The second-order valence-corrected chi connectivity index (χ2v) is 18.5. The molecule has 2 heterocycles. The third kappa shape index (κ3) is 12.5. The summed E-state index contributed by atoms with van der Waals surface area (Å²) in [5.41, 5.74) is -1.25. The monoisotopic (exact) mass is 804 g/mol. The molecule has 2 aromatic carbocycles. The van der Waals surface area contributed by atoms with Crippen LogP contribution in [-0.4, -0.2) is 93.6 Å². The van der Waals surface area contributed by atoms with E-state index in [-0.39, 0.29) is 11.4 Å². The molecule has 2 aliphatic heterocycles. The second-order valence-electron chi connectivity index (χ2n) is 18.5. The van der Waals surface area contributed by atoms with Crippen molar-refractivity contribution in [2.24, 2.45) is 0 Å². The number of carbonyl (C=O) groups is 6. The Hall–Kier alpha value is -5.40. The first-order chi connectivity index (χ1) is 26.7. The summed E-state index contributed by atoms with van der Waals surface area (Å²) < 4.78 is 22.4. The Labute approximate surface area is 342 Å². The van der Waals surface area contributed by atoms with Crippen molar-refractivity contribution in [1.29, 1.82) is 0 Å². The van der Waals surface area contributed by atoms with Gasteiger partial charge in [-0.15, -0.1) is 0 Å². The molecule has 4 rings (SSSR count). The van der Waals surface area contributed by atoms with E-state index in [1.807, 2.05) is 12.2 Å². The quantitative estimate of drug-likeness (QED) is 0.204. The van der Waals surface area contributed by atoms with Crippen LogP contribution in [0.3, 0.4) is 0 Å². The number of anilines is 2. The number of benzene rings is 2. The van der Waals surface area contributed by atoms with E-state index in [2.05, 4.69) is 0 Å². The van der Waals surface area contributed by atoms with Gasteiger partial charge in [-0.2, -0.15) is 0 Å². The van der Waals surface area contributed by atoms with Gasteiger partial charge in [-0.05, 0) is 144 Å². The Morgan fingerprint density at radius 1 is 0.500 bits per heavy atom. The van der Waals surface area contributed by atoms with Crippen LogP contribution in [0.4, 0.5) is 30.6 Å². The smallest absolute Gasteiger partial charge is 0.421 e. The molecule has 0 bridgehead atoms. The molecule has 2 fully saturated rings. The fourth-order valence-electron chi connectivity index (χ4n) is 6.34. The summed E-state index contributed by atoms with van der Waals surface area (Å²) in [7, 11) is 0. The molecule has 0 aliphatic carbocycles. The second kappa shape index (κ2) is 17.6. The molecule has 316 valence electrons. The summed E-state index contributed by atoms with van der Waals surface area (Å²) in [5, 5.41) is 0. The van der Waals surface area contributed by atoms with Gasteiger partial charge >= 0.3 is 24.4 Å². The van der Waals surface area contributed by atoms with Crippen LogP contribution < -0.4 is 9.80 Å². The molecular formula is C44H60N4O10. The molecule has 14 heteroatoms. The van der Waals surface area contributed by atoms with Crippen LogP contribution >= 0.6 is 0 Å². The molecular weight excluding hydrogens is 745 g/mol. The maximum Gasteiger partial charge on any atom is 0.421 e. The summed E-state index contributed by atoms with van der Waals surface area (Å²) in [5.74, 6) is -1.18. The van der Waals surface area contributed by atoms with E-state index in [4.69, 9.17) is 18.9 Å². The number of hydrogen-bond donors (Lipinski definition) is 0. The van der Waals surface area contributed by atoms with E-state index < -0.39 is 70.7 Å². The number of carbonyl (C=O) groups excluding carboxylic acids is 6. The summed E-state index contributed by atoms with van der Waals surface area (Å²) >= 11 is 0. The minimum atomic E-state index is -0.909. The van der Waals surface area contributed by atoms with E-state index in [1.54, 1.807) is 132 Å². The number of nitrogens with zero attached hydrogens (tertiary/aromatic N) is 4. The fraction of sp³-hybridized carbons (Fsp3) is 0.545. The summed E-state index contributed by atoms with van der Waals surface area (Å²) in [6, 6.07) is 11.7. The van der Waals surface area contributed by atoms with E-state index >= 15 is 0 Å². The number of rotatable bonds is 6. The molecule has 2 atom stereocenters. The summed E-state index contributed by atoms with van der Waals surface area (Å²) in [4.78, 5) is 85.8. The minimum absolute atomic E-state index is 0.274. The van der Waals surface area contributed by atoms with Gasteiger partial charge in [-0.3, -0.25) is 19.4 Å². The van der Waals surface area contributed by atoms with Gasteiger partial charge in [-0.25, -0.2) is 29.0 Å². The molecule has 2 aliphatic rings. The first-order valence-corrected chi connectivity index (χ1v) is 19.7. The third-order valence-corrected chi connectivity index (χ3v) is 8.70. The van der Waals surface area contributed by atoms with Gasteiger partial charge in [0.25, 0.3) is 11.8 Å². The van der Waals surface area contributed by atoms with Gasteiger partial charge in [0.15, 0.2) is 0 Å². The molecule has 2 saturated heterocycles. The van der Waals surface area contributed by atoms with Crippen molar-refractivity contribution in [2.45, 2.75) is 143 Å². The van der Waals surface area contributed by atoms with Crippen molar-refractivity contribution >= 4 is 59.7 Å². The van der Waals surface area contributed by atoms with Crippen LogP contribution in [0.1, 0.15) is 120 Å². The zero-order valence-corrected chi connectivity index (χ0v) is 36.0. The molecule has 0 aromatic heterocycles. The normalized spacial score (nSPS) is 17.5. The largest absolute Gasteiger partial charge is 0.444 e. The Balaban J connectivity index is 1.56. The number of likely N-dealkylation sites (tertiary alicyclic amines) is 2. The third-order valence-electron chi connectivity index (χ3n) is 8.70. The van der Waals surface area contributed by atoms with E-state index in [0.29, 0.717) is 38.8 Å². The van der Waals surface area contributed by atoms with Crippen LogP contribution in [0.5, 0.6) is 0 Å². The standard InChI is InChI=1S/C44H60N4O10/c1-41(2,3)55-37(51)45-27-13-15-33(45)35(49)47(39(53)57-43(7,8)9)31-23-19-29(20-24-31)17-18-30-21-25-32(26-22-30)48(40(54)58-44(10,11)12)36(50)34-16-14-28-46(34)38(52)56-42(4,5)6/h17-26,33-34H,13-16,27-28H2,1-12H3/b18-17+/t33-,34-/m0/s1. The lowest BCUT2D eigenvalue weighted by molar-refractivity contribution is -0.123. The lowest BCUT2D eigenvalue weighted by Gasteiger charge is -2.32. The van der Waals surface area contributed by atoms with Crippen molar-refractivity contribution < 1.29 is 47.7 Å². The van der Waals surface area contributed by atoms with Gasteiger partial charge in [0.05, 0.1) is 11.4 Å². The zero-order chi connectivity index (χ0) is 43.4. The Kier molecular flexibility index (Phi) is 13.8. The highest BCUT2D eigenvalue weighted by Gasteiger charge is 2.43. The number of amides is 6. The van der Waals surface area contributed by atoms with Crippen LogP contribution in [0.15, 0.2) is 48.5 Å². The van der Waals surface area contributed by atoms with Gasteiger partial charge in [0.2, 0.25) is 0 Å². The van der Waals surface area contributed by atoms with Crippen molar-refractivity contribution in [3.05, 3.63) is 59.7 Å².